The minimum Gasteiger partial charge on any atom is -0.493 e. The lowest BCUT2D eigenvalue weighted by molar-refractivity contribution is 0.0784. The van der Waals surface area contributed by atoms with E-state index in [2.05, 4.69) is 6.07 Å². The Bertz CT molecular complexity index is 798. The van der Waals surface area contributed by atoms with Crippen molar-refractivity contribution in [3.8, 4) is 17.6 Å². The van der Waals surface area contributed by atoms with E-state index in [0.29, 0.717) is 40.8 Å². The molecule has 0 aliphatic carbocycles. The first kappa shape index (κ1) is 18.6. The van der Waals surface area contributed by atoms with Gasteiger partial charge in [-0.25, -0.2) is 0 Å². The number of hydrogen-bond acceptors (Lipinski definition) is 4. The van der Waals surface area contributed by atoms with Gasteiger partial charge in [0.15, 0.2) is 11.5 Å². The Morgan fingerprint density at radius 3 is 2.52 bits per heavy atom. The van der Waals surface area contributed by atoms with Crippen molar-refractivity contribution in [2.45, 2.75) is 13.5 Å². The minimum atomic E-state index is -0.187. The number of ether oxygens (including phenoxy) is 2. The van der Waals surface area contributed by atoms with Gasteiger partial charge in [0.25, 0.3) is 5.91 Å². The van der Waals surface area contributed by atoms with Gasteiger partial charge in [-0.3, -0.25) is 4.79 Å². The van der Waals surface area contributed by atoms with Crippen molar-refractivity contribution < 1.29 is 14.3 Å². The summed E-state index contributed by atoms with van der Waals surface area (Å²) in [6.45, 7) is 2.71. The summed E-state index contributed by atoms with van der Waals surface area (Å²) in [6.07, 6.45) is 0. The van der Waals surface area contributed by atoms with Crippen LogP contribution >= 0.6 is 11.6 Å². The van der Waals surface area contributed by atoms with Gasteiger partial charge in [0.1, 0.15) is 0 Å². The second-order valence-electron chi connectivity index (χ2n) is 5.39. The van der Waals surface area contributed by atoms with E-state index in [4.69, 9.17) is 26.3 Å². The second kappa shape index (κ2) is 8.41. The fourth-order valence-corrected chi connectivity index (χ4v) is 2.64. The lowest BCUT2D eigenvalue weighted by Gasteiger charge is -2.19. The first-order valence-electron chi connectivity index (χ1n) is 7.75. The van der Waals surface area contributed by atoms with Crippen molar-refractivity contribution >= 4 is 17.5 Å². The Morgan fingerprint density at radius 2 is 1.96 bits per heavy atom. The van der Waals surface area contributed by atoms with Crippen LogP contribution in [0.1, 0.15) is 28.4 Å². The number of benzene rings is 2. The summed E-state index contributed by atoms with van der Waals surface area (Å²) >= 11 is 6.23. The van der Waals surface area contributed by atoms with Gasteiger partial charge in [-0.15, -0.1) is 0 Å². The maximum Gasteiger partial charge on any atom is 0.254 e. The molecule has 2 aromatic rings. The predicted octanol–water partition coefficient (Wildman–Crippen LogP) is 3.89. The van der Waals surface area contributed by atoms with Gasteiger partial charge in [0, 0.05) is 19.2 Å². The summed E-state index contributed by atoms with van der Waals surface area (Å²) in [5.41, 5.74) is 1.93. The van der Waals surface area contributed by atoms with Gasteiger partial charge in [-0.2, -0.15) is 5.26 Å². The average Bonchev–Trinajstić information content (AvgIpc) is 2.63. The van der Waals surface area contributed by atoms with Crippen LogP contribution < -0.4 is 9.47 Å². The van der Waals surface area contributed by atoms with Gasteiger partial charge in [-0.1, -0.05) is 23.7 Å². The molecule has 5 nitrogen and oxygen atoms in total. The Labute approximate surface area is 152 Å². The van der Waals surface area contributed by atoms with Crippen LogP contribution in [0.5, 0.6) is 11.5 Å². The molecule has 0 atom stereocenters. The molecule has 25 heavy (non-hydrogen) atoms. The molecule has 0 N–H and O–H groups in total. The summed E-state index contributed by atoms with van der Waals surface area (Å²) < 4.78 is 10.7. The molecule has 0 unspecified atom stereocenters. The van der Waals surface area contributed by atoms with Gasteiger partial charge in [0.05, 0.1) is 30.4 Å². The van der Waals surface area contributed by atoms with Crippen LogP contribution in [0, 0.1) is 11.3 Å². The van der Waals surface area contributed by atoms with Crippen molar-refractivity contribution in [2.75, 3.05) is 20.8 Å². The van der Waals surface area contributed by atoms with Crippen molar-refractivity contribution in [2.24, 2.45) is 0 Å². The first-order valence-corrected chi connectivity index (χ1v) is 8.12. The van der Waals surface area contributed by atoms with E-state index in [1.807, 2.05) is 19.1 Å². The molecular weight excluding hydrogens is 340 g/mol. The van der Waals surface area contributed by atoms with Gasteiger partial charge in [-0.05, 0) is 36.8 Å². The van der Waals surface area contributed by atoms with Crippen LogP contribution in [0.15, 0.2) is 36.4 Å². The Hall–Kier alpha value is -2.71. The SMILES string of the molecule is CCOc1c(Cl)cc(C(=O)N(C)Cc2ccc(C#N)cc2)cc1OC. The first-order chi connectivity index (χ1) is 12.0. The monoisotopic (exact) mass is 358 g/mol. The molecule has 0 aliphatic heterocycles. The third-order valence-corrected chi connectivity index (χ3v) is 3.90. The molecule has 0 saturated carbocycles. The van der Waals surface area contributed by atoms with Crippen LogP contribution in [0.2, 0.25) is 5.02 Å². The molecule has 130 valence electrons. The molecule has 1 amide bonds. The van der Waals surface area contributed by atoms with E-state index in [0.717, 1.165) is 5.56 Å². The summed E-state index contributed by atoms with van der Waals surface area (Å²) in [7, 11) is 3.21. The Morgan fingerprint density at radius 1 is 1.28 bits per heavy atom. The van der Waals surface area contributed by atoms with Crippen LogP contribution in [-0.2, 0) is 6.54 Å². The minimum absolute atomic E-state index is 0.187. The van der Waals surface area contributed by atoms with Crippen LogP contribution in [0.3, 0.4) is 0 Å². The highest BCUT2D eigenvalue weighted by atomic mass is 35.5. The maximum absolute atomic E-state index is 12.7. The topological polar surface area (TPSA) is 62.6 Å². The highest BCUT2D eigenvalue weighted by Crippen LogP contribution is 2.36. The number of halogens is 1. The number of amides is 1. The van der Waals surface area contributed by atoms with E-state index in [1.165, 1.54) is 7.11 Å². The van der Waals surface area contributed by atoms with Crippen LogP contribution in [-0.4, -0.2) is 31.6 Å². The highest BCUT2D eigenvalue weighted by molar-refractivity contribution is 6.32. The summed E-state index contributed by atoms with van der Waals surface area (Å²) in [6, 6.07) is 12.4. The lowest BCUT2D eigenvalue weighted by Crippen LogP contribution is -2.26. The Balaban J connectivity index is 2.21. The van der Waals surface area contributed by atoms with Crippen molar-refractivity contribution in [1.82, 2.24) is 4.90 Å². The molecule has 0 aliphatic rings. The van der Waals surface area contributed by atoms with E-state index in [1.54, 1.807) is 36.2 Å². The number of carbonyl (C=O) groups excluding carboxylic acids is 1. The number of hydrogen-bond donors (Lipinski definition) is 0. The lowest BCUT2D eigenvalue weighted by atomic mass is 10.1. The van der Waals surface area contributed by atoms with Crippen molar-refractivity contribution in [3.63, 3.8) is 0 Å². The Kier molecular flexibility index (Phi) is 6.26. The summed E-state index contributed by atoms with van der Waals surface area (Å²) in [4.78, 5) is 14.3. The van der Waals surface area contributed by atoms with Crippen LogP contribution in [0.4, 0.5) is 0 Å². The van der Waals surface area contributed by atoms with E-state index >= 15 is 0 Å². The molecule has 0 spiro atoms. The van der Waals surface area contributed by atoms with E-state index < -0.39 is 0 Å². The van der Waals surface area contributed by atoms with Gasteiger partial charge >= 0.3 is 0 Å². The number of nitriles is 1. The molecule has 2 rings (SSSR count). The number of carbonyl (C=O) groups is 1. The molecule has 6 heteroatoms. The third kappa shape index (κ3) is 4.43. The van der Waals surface area contributed by atoms with Crippen LogP contribution in [0.25, 0.3) is 0 Å². The summed E-state index contributed by atoms with van der Waals surface area (Å²) in [5, 5.41) is 9.16. The van der Waals surface area contributed by atoms with E-state index in [9.17, 15) is 4.79 Å². The molecule has 0 fully saturated rings. The average molecular weight is 359 g/mol. The molecule has 0 saturated heterocycles. The molecule has 2 aromatic carbocycles. The van der Waals surface area contributed by atoms with E-state index in [-0.39, 0.29) is 5.91 Å². The van der Waals surface area contributed by atoms with Gasteiger partial charge in [0.2, 0.25) is 0 Å². The second-order valence-corrected chi connectivity index (χ2v) is 5.80. The number of methoxy groups -OCH3 is 1. The number of nitrogens with zero attached hydrogens (tertiary/aromatic N) is 2. The van der Waals surface area contributed by atoms with Gasteiger partial charge < -0.3 is 14.4 Å². The number of rotatable bonds is 6. The van der Waals surface area contributed by atoms with Crippen molar-refractivity contribution in [1.29, 1.82) is 5.26 Å². The zero-order valence-corrected chi connectivity index (χ0v) is 15.1. The normalized spacial score (nSPS) is 10.0. The molecule has 0 aromatic heterocycles. The molecule has 0 radical (unpaired) electrons. The molecule has 0 heterocycles. The molecular formula is C19H19ClN2O3. The fraction of sp³-hybridized carbons (Fsp3) is 0.263. The maximum atomic E-state index is 12.7. The van der Waals surface area contributed by atoms with Crippen molar-refractivity contribution in [3.05, 3.63) is 58.1 Å². The standard InChI is InChI=1S/C19H19ClN2O3/c1-4-25-18-16(20)9-15(10-17(18)24-3)19(23)22(2)12-14-7-5-13(11-21)6-8-14/h5-10H,4,12H2,1-3H3. The fourth-order valence-electron chi connectivity index (χ4n) is 2.38. The summed E-state index contributed by atoms with van der Waals surface area (Å²) in [5.74, 6) is 0.662. The predicted molar refractivity (Wildman–Crippen MR) is 96.1 cm³/mol. The zero-order chi connectivity index (χ0) is 18.4. The third-order valence-electron chi connectivity index (χ3n) is 3.61. The quantitative estimate of drug-likeness (QED) is 0.785. The zero-order valence-electron chi connectivity index (χ0n) is 14.4. The largest absolute Gasteiger partial charge is 0.493 e. The molecule has 0 bridgehead atoms. The smallest absolute Gasteiger partial charge is 0.254 e. The highest BCUT2D eigenvalue weighted by Gasteiger charge is 2.18.